The number of carbonyl (C=O) groups excluding carboxylic acids is 1. The fourth-order valence-electron chi connectivity index (χ4n) is 2.03. The van der Waals surface area contributed by atoms with Crippen LogP contribution in [0.5, 0.6) is 0 Å². The van der Waals surface area contributed by atoms with Crippen LogP contribution in [0.15, 0.2) is 22.7 Å². The number of nitrogens with zero attached hydrogens (tertiary/aromatic N) is 2. The first-order chi connectivity index (χ1) is 9.97. The minimum absolute atomic E-state index is 0.0397. The highest BCUT2D eigenvalue weighted by atomic mass is 79.9. The highest BCUT2D eigenvalue weighted by molar-refractivity contribution is 9.10. The molecule has 0 atom stereocenters. The molecule has 8 heteroatoms. The van der Waals surface area contributed by atoms with Crippen molar-refractivity contribution in [3.63, 3.8) is 0 Å². The van der Waals surface area contributed by atoms with Gasteiger partial charge in [0.05, 0.1) is 11.3 Å². The van der Waals surface area contributed by atoms with Gasteiger partial charge in [0, 0.05) is 30.7 Å². The van der Waals surface area contributed by atoms with Gasteiger partial charge >= 0.3 is 12.0 Å². The molecule has 1 saturated heterocycles. The standard InChI is InChI=1S/C13H17BrN4O3/c1-17-5-7-18(8-6-17)16-13(21)15-11-9(12(19)20)3-2-4-10(11)14/h2-4H,5-8H2,1H3,(H,19,20)(H2,15,16,21). The number of urea groups is 1. The maximum Gasteiger partial charge on any atom is 0.337 e. The Morgan fingerprint density at radius 3 is 2.52 bits per heavy atom. The Morgan fingerprint density at radius 2 is 1.90 bits per heavy atom. The number of aromatic carboxylic acids is 1. The van der Waals surface area contributed by atoms with Gasteiger partial charge in [-0.1, -0.05) is 6.07 Å². The summed E-state index contributed by atoms with van der Waals surface area (Å²) in [6, 6.07) is 4.28. The Hall–Kier alpha value is -1.64. The Morgan fingerprint density at radius 1 is 1.24 bits per heavy atom. The summed E-state index contributed by atoms with van der Waals surface area (Å²) in [6.07, 6.45) is 0. The number of amides is 2. The molecule has 0 unspecified atom stereocenters. The van der Waals surface area contributed by atoms with E-state index in [1.807, 2.05) is 12.1 Å². The highest BCUT2D eigenvalue weighted by Crippen LogP contribution is 2.26. The van der Waals surface area contributed by atoms with Crippen LogP contribution in [0.1, 0.15) is 10.4 Å². The number of anilines is 1. The number of hydrazine groups is 1. The van der Waals surface area contributed by atoms with Crippen LogP contribution in [0, 0.1) is 0 Å². The third-order valence-corrected chi connectivity index (χ3v) is 3.91. The summed E-state index contributed by atoms with van der Waals surface area (Å²) in [5.74, 6) is -1.09. The second-order valence-electron chi connectivity index (χ2n) is 4.82. The number of carboxylic acid groups (broad SMARTS) is 1. The molecule has 1 fully saturated rings. The van der Waals surface area contributed by atoms with Crippen LogP contribution in [0.25, 0.3) is 0 Å². The van der Waals surface area contributed by atoms with Crippen molar-refractivity contribution in [1.29, 1.82) is 0 Å². The van der Waals surface area contributed by atoms with Gasteiger partial charge in [-0.15, -0.1) is 0 Å². The van der Waals surface area contributed by atoms with E-state index in [2.05, 4.69) is 31.6 Å². The van der Waals surface area contributed by atoms with E-state index in [-0.39, 0.29) is 11.3 Å². The van der Waals surface area contributed by atoms with E-state index in [0.29, 0.717) is 4.47 Å². The van der Waals surface area contributed by atoms with Gasteiger partial charge in [-0.05, 0) is 35.1 Å². The maximum absolute atomic E-state index is 12.0. The zero-order valence-corrected chi connectivity index (χ0v) is 13.2. The molecule has 2 amide bonds. The number of carboxylic acids is 1. The van der Waals surface area contributed by atoms with Crippen molar-refractivity contribution in [2.24, 2.45) is 0 Å². The highest BCUT2D eigenvalue weighted by Gasteiger charge is 2.18. The number of carbonyl (C=O) groups is 2. The Kier molecular flexibility index (Phi) is 5.16. The summed E-state index contributed by atoms with van der Waals surface area (Å²) in [5, 5.41) is 13.5. The van der Waals surface area contributed by atoms with Crippen molar-refractivity contribution in [1.82, 2.24) is 15.3 Å². The molecular formula is C13H17BrN4O3. The third-order valence-electron chi connectivity index (χ3n) is 3.25. The number of halogens is 1. The van der Waals surface area contributed by atoms with Crippen molar-refractivity contribution in [2.75, 3.05) is 38.5 Å². The number of para-hydroxylation sites is 1. The van der Waals surface area contributed by atoms with E-state index in [1.54, 1.807) is 12.1 Å². The lowest BCUT2D eigenvalue weighted by Gasteiger charge is -2.32. The van der Waals surface area contributed by atoms with E-state index in [0.717, 1.165) is 26.2 Å². The van der Waals surface area contributed by atoms with E-state index < -0.39 is 12.0 Å². The first-order valence-electron chi connectivity index (χ1n) is 6.50. The summed E-state index contributed by atoms with van der Waals surface area (Å²) >= 11 is 3.25. The summed E-state index contributed by atoms with van der Waals surface area (Å²) in [4.78, 5) is 25.3. The average molecular weight is 357 g/mol. The fourth-order valence-corrected chi connectivity index (χ4v) is 2.50. The zero-order valence-electron chi connectivity index (χ0n) is 11.6. The molecule has 0 radical (unpaired) electrons. The van der Waals surface area contributed by atoms with Gasteiger partial charge in [0.15, 0.2) is 0 Å². The minimum atomic E-state index is -1.09. The Labute approximate surface area is 131 Å². The number of rotatable bonds is 3. The third kappa shape index (κ3) is 4.16. The molecule has 1 aromatic carbocycles. The lowest BCUT2D eigenvalue weighted by atomic mass is 10.2. The number of benzene rings is 1. The average Bonchev–Trinajstić information content (AvgIpc) is 2.43. The predicted octanol–water partition coefficient (Wildman–Crippen LogP) is 1.43. The minimum Gasteiger partial charge on any atom is -0.478 e. The molecular weight excluding hydrogens is 340 g/mol. The van der Waals surface area contributed by atoms with Crippen molar-refractivity contribution in [2.45, 2.75) is 0 Å². The van der Waals surface area contributed by atoms with Crippen LogP contribution in [-0.4, -0.2) is 60.2 Å². The van der Waals surface area contributed by atoms with E-state index in [4.69, 9.17) is 5.11 Å². The molecule has 21 heavy (non-hydrogen) atoms. The van der Waals surface area contributed by atoms with Crippen LogP contribution >= 0.6 is 15.9 Å². The molecule has 1 aliphatic rings. The second-order valence-corrected chi connectivity index (χ2v) is 5.68. The lowest BCUT2D eigenvalue weighted by Crippen LogP contribution is -2.53. The molecule has 2 rings (SSSR count). The Bertz CT molecular complexity index is 544. The van der Waals surface area contributed by atoms with Crippen LogP contribution in [-0.2, 0) is 0 Å². The van der Waals surface area contributed by atoms with Gasteiger partial charge in [0.1, 0.15) is 0 Å². The number of hydrogen-bond donors (Lipinski definition) is 3. The normalized spacial score (nSPS) is 16.5. The molecule has 0 spiro atoms. The van der Waals surface area contributed by atoms with Crippen molar-refractivity contribution in [3.05, 3.63) is 28.2 Å². The molecule has 114 valence electrons. The van der Waals surface area contributed by atoms with Crippen LogP contribution in [0.3, 0.4) is 0 Å². The summed E-state index contributed by atoms with van der Waals surface area (Å²) in [7, 11) is 2.03. The van der Waals surface area contributed by atoms with Crippen LogP contribution in [0.2, 0.25) is 0 Å². The van der Waals surface area contributed by atoms with Crippen LogP contribution in [0.4, 0.5) is 10.5 Å². The quantitative estimate of drug-likeness (QED) is 0.762. The van der Waals surface area contributed by atoms with Gasteiger partial charge < -0.3 is 15.3 Å². The van der Waals surface area contributed by atoms with Gasteiger partial charge in [-0.3, -0.25) is 5.43 Å². The van der Waals surface area contributed by atoms with Gasteiger partial charge in [0.2, 0.25) is 0 Å². The molecule has 7 nitrogen and oxygen atoms in total. The fraction of sp³-hybridized carbons (Fsp3) is 0.385. The number of piperazine rings is 1. The van der Waals surface area contributed by atoms with Crippen LogP contribution < -0.4 is 10.7 Å². The first kappa shape index (κ1) is 15.7. The van der Waals surface area contributed by atoms with Crippen molar-refractivity contribution < 1.29 is 14.7 Å². The molecule has 1 aromatic rings. The second kappa shape index (κ2) is 6.88. The molecule has 0 bridgehead atoms. The summed E-state index contributed by atoms with van der Waals surface area (Å²) in [6.45, 7) is 3.20. The van der Waals surface area contributed by atoms with E-state index >= 15 is 0 Å². The SMILES string of the molecule is CN1CCN(NC(=O)Nc2c(Br)cccc2C(=O)O)CC1. The molecule has 1 aliphatic heterocycles. The molecule has 1 heterocycles. The Balaban J connectivity index is 2.01. The topological polar surface area (TPSA) is 84.9 Å². The predicted molar refractivity (Wildman–Crippen MR) is 82.3 cm³/mol. The number of nitrogens with one attached hydrogen (secondary N) is 2. The molecule has 0 saturated carbocycles. The molecule has 0 aromatic heterocycles. The largest absolute Gasteiger partial charge is 0.478 e. The molecule has 0 aliphatic carbocycles. The molecule has 3 N–H and O–H groups in total. The summed E-state index contributed by atoms with van der Waals surface area (Å²) in [5.41, 5.74) is 3.01. The first-order valence-corrected chi connectivity index (χ1v) is 7.29. The monoisotopic (exact) mass is 356 g/mol. The smallest absolute Gasteiger partial charge is 0.337 e. The van der Waals surface area contributed by atoms with Gasteiger partial charge in [-0.25, -0.2) is 14.6 Å². The number of hydrogen-bond acceptors (Lipinski definition) is 4. The van der Waals surface area contributed by atoms with E-state index in [9.17, 15) is 9.59 Å². The van der Waals surface area contributed by atoms with Gasteiger partial charge in [0.25, 0.3) is 0 Å². The van der Waals surface area contributed by atoms with Gasteiger partial charge in [-0.2, -0.15) is 0 Å². The maximum atomic E-state index is 12.0. The van der Waals surface area contributed by atoms with E-state index in [1.165, 1.54) is 6.07 Å². The lowest BCUT2D eigenvalue weighted by molar-refractivity contribution is 0.0698. The van der Waals surface area contributed by atoms with Crippen molar-refractivity contribution >= 4 is 33.6 Å². The van der Waals surface area contributed by atoms with Crippen molar-refractivity contribution in [3.8, 4) is 0 Å². The zero-order chi connectivity index (χ0) is 15.4. The number of likely N-dealkylation sites (N-methyl/N-ethyl adjacent to an activating group) is 1. The summed E-state index contributed by atoms with van der Waals surface area (Å²) < 4.78 is 0.524.